The molecular weight excluding hydrogens is 244 g/mol. The molecule has 96 valence electrons. The standard InChI is InChI=1S/C12H17ClO4/c1-10(14)9-12(16)17-8-6-4-2-3-5-7-11(13)15/h5,7H,2-4,6,8-9H2,1H3/b7-5+. The highest BCUT2D eigenvalue weighted by atomic mass is 35.5. The van der Waals surface area contributed by atoms with Crippen LogP contribution in [0.2, 0.25) is 0 Å². The van der Waals surface area contributed by atoms with Gasteiger partial charge in [0, 0.05) is 0 Å². The van der Waals surface area contributed by atoms with E-state index in [1.165, 1.54) is 13.0 Å². The lowest BCUT2D eigenvalue weighted by Gasteiger charge is -2.02. The Bertz CT molecular complexity index is 297. The molecule has 0 aliphatic carbocycles. The van der Waals surface area contributed by atoms with Gasteiger partial charge >= 0.3 is 5.97 Å². The monoisotopic (exact) mass is 260 g/mol. The van der Waals surface area contributed by atoms with Crippen molar-refractivity contribution >= 4 is 28.6 Å². The minimum atomic E-state index is -0.469. The topological polar surface area (TPSA) is 60.4 Å². The zero-order valence-electron chi connectivity index (χ0n) is 9.91. The molecule has 0 N–H and O–H groups in total. The fourth-order valence-electron chi connectivity index (χ4n) is 1.16. The van der Waals surface area contributed by atoms with Gasteiger partial charge in [0.05, 0.1) is 6.61 Å². The molecule has 0 spiro atoms. The van der Waals surface area contributed by atoms with E-state index < -0.39 is 11.2 Å². The summed E-state index contributed by atoms with van der Waals surface area (Å²) in [6, 6.07) is 0. The molecule has 0 bridgehead atoms. The van der Waals surface area contributed by atoms with Crippen LogP contribution in [-0.2, 0) is 19.1 Å². The largest absolute Gasteiger partial charge is 0.465 e. The minimum absolute atomic E-state index is 0.152. The average Bonchev–Trinajstić information content (AvgIpc) is 2.20. The van der Waals surface area contributed by atoms with E-state index >= 15 is 0 Å². The van der Waals surface area contributed by atoms with Crippen molar-refractivity contribution in [1.82, 2.24) is 0 Å². The number of esters is 1. The number of hydrogen-bond donors (Lipinski definition) is 0. The van der Waals surface area contributed by atoms with Gasteiger partial charge in [-0.05, 0) is 50.3 Å². The third-order valence-electron chi connectivity index (χ3n) is 1.92. The molecule has 0 saturated carbocycles. The smallest absolute Gasteiger partial charge is 0.313 e. The Morgan fingerprint density at radius 2 is 1.88 bits per heavy atom. The molecule has 0 rings (SSSR count). The van der Waals surface area contributed by atoms with Gasteiger partial charge in [-0.25, -0.2) is 0 Å². The number of carbonyl (C=O) groups excluding carboxylic acids is 3. The summed E-state index contributed by atoms with van der Waals surface area (Å²) in [6.45, 7) is 1.69. The highest BCUT2D eigenvalue weighted by Gasteiger charge is 2.05. The number of carbonyl (C=O) groups is 3. The quantitative estimate of drug-likeness (QED) is 0.210. The van der Waals surface area contributed by atoms with Gasteiger partial charge in [0.15, 0.2) is 0 Å². The summed E-state index contributed by atoms with van der Waals surface area (Å²) in [5, 5.41) is -0.469. The Hall–Kier alpha value is -1.16. The van der Waals surface area contributed by atoms with Crippen molar-refractivity contribution < 1.29 is 19.1 Å². The van der Waals surface area contributed by atoms with Gasteiger partial charge in [0.1, 0.15) is 12.2 Å². The summed E-state index contributed by atoms with van der Waals surface area (Å²) in [4.78, 5) is 31.9. The maximum atomic E-state index is 11.0. The van der Waals surface area contributed by atoms with E-state index in [0.29, 0.717) is 6.61 Å². The average molecular weight is 261 g/mol. The molecule has 0 atom stereocenters. The molecule has 0 radical (unpaired) electrons. The van der Waals surface area contributed by atoms with Crippen molar-refractivity contribution in [3.05, 3.63) is 12.2 Å². The van der Waals surface area contributed by atoms with Gasteiger partial charge in [-0.1, -0.05) is 6.08 Å². The van der Waals surface area contributed by atoms with Crippen molar-refractivity contribution in [2.45, 2.75) is 39.0 Å². The van der Waals surface area contributed by atoms with Crippen LogP contribution in [0.3, 0.4) is 0 Å². The normalized spacial score (nSPS) is 10.5. The predicted molar refractivity (Wildman–Crippen MR) is 64.7 cm³/mol. The number of ether oxygens (including phenoxy) is 1. The van der Waals surface area contributed by atoms with Crippen molar-refractivity contribution in [2.24, 2.45) is 0 Å². The molecule has 0 aromatic heterocycles. The summed E-state index contributed by atoms with van der Waals surface area (Å²) >= 11 is 5.11. The van der Waals surface area contributed by atoms with Crippen LogP contribution in [0.1, 0.15) is 39.0 Å². The van der Waals surface area contributed by atoms with Gasteiger partial charge in [0.25, 0.3) is 0 Å². The molecule has 4 nitrogen and oxygen atoms in total. The molecule has 5 heteroatoms. The van der Waals surface area contributed by atoms with Crippen LogP contribution < -0.4 is 0 Å². The SMILES string of the molecule is CC(=O)CC(=O)OCCCCC/C=C/C(=O)Cl. The highest BCUT2D eigenvalue weighted by molar-refractivity contribution is 6.66. The van der Waals surface area contributed by atoms with Crippen molar-refractivity contribution in [3.8, 4) is 0 Å². The van der Waals surface area contributed by atoms with E-state index in [9.17, 15) is 14.4 Å². The van der Waals surface area contributed by atoms with Gasteiger partial charge in [-0.3, -0.25) is 14.4 Å². The lowest BCUT2D eigenvalue weighted by atomic mass is 10.2. The van der Waals surface area contributed by atoms with Crippen LogP contribution in [0.15, 0.2) is 12.2 Å². The molecule has 17 heavy (non-hydrogen) atoms. The van der Waals surface area contributed by atoms with Gasteiger partial charge in [-0.15, -0.1) is 0 Å². The molecule has 0 saturated heterocycles. The van der Waals surface area contributed by atoms with Gasteiger partial charge in [0.2, 0.25) is 5.24 Å². The van der Waals surface area contributed by atoms with Crippen molar-refractivity contribution in [2.75, 3.05) is 6.61 Å². The Kier molecular flexibility index (Phi) is 9.34. The first-order chi connectivity index (χ1) is 8.02. The summed E-state index contributed by atoms with van der Waals surface area (Å²) in [5.41, 5.74) is 0. The van der Waals surface area contributed by atoms with Gasteiger partial charge < -0.3 is 4.74 Å². The Morgan fingerprint density at radius 3 is 2.47 bits per heavy atom. The number of rotatable bonds is 9. The second kappa shape index (κ2) is 10.0. The fourth-order valence-corrected chi connectivity index (χ4v) is 1.25. The van der Waals surface area contributed by atoms with Crippen LogP contribution >= 0.6 is 11.6 Å². The third-order valence-corrected chi connectivity index (χ3v) is 2.05. The van der Waals surface area contributed by atoms with E-state index in [1.807, 2.05) is 0 Å². The summed E-state index contributed by atoms with van der Waals surface area (Å²) in [5.74, 6) is -0.656. The molecular formula is C12H17ClO4. The van der Waals surface area contributed by atoms with Crippen LogP contribution in [0, 0.1) is 0 Å². The van der Waals surface area contributed by atoms with E-state index in [4.69, 9.17) is 16.3 Å². The molecule has 0 fully saturated rings. The third kappa shape index (κ3) is 12.8. The lowest BCUT2D eigenvalue weighted by molar-refractivity contribution is -0.145. The zero-order chi connectivity index (χ0) is 13.1. The number of unbranched alkanes of at least 4 members (excludes halogenated alkanes) is 3. The first kappa shape index (κ1) is 15.8. The van der Waals surface area contributed by atoms with Crippen LogP contribution in [-0.4, -0.2) is 23.6 Å². The summed E-state index contributed by atoms with van der Waals surface area (Å²) in [6.07, 6.45) is 6.23. The Morgan fingerprint density at radius 1 is 1.18 bits per heavy atom. The number of hydrogen-bond acceptors (Lipinski definition) is 4. The maximum Gasteiger partial charge on any atom is 0.313 e. The minimum Gasteiger partial charge on any atom is -0.465 e. The first-order valence-electron chi connectivity index (χ1n) is 5.53. The van der Waals surface area contributed by atoms with Crippen molar-refractivity contribution in [1.29, 1.82) is 0 Å². The molecule has 0 aromatic rings. The summed E-state index contributed by atoms with van der Waals surface area (Å²) < 4.78 is 4.84. The fraction of sp³-hybridized carbons (Fsp3) is 0.583. The highest BCUT2D eigenvalue weighted by Crippen LogP contribution is 2.02. The predicted octanol–water partition coefficient (Wildman–Crippen LogP) is 2.39. The van der Waals surface area contributed by atoms with E-state index in [1.54, 1.807) is 6.08 Å². The van der Waals surface area contributed by atoms with Crippen LogP contribution in [0.5, 0.6) is 0 Å². The van der Waals surface area contributed by atoms with E-state index in [-0.39, 0.29) is 12.2 Å². The number of allylic oxidation sites excluding steroid dienone is 2. The summed E-state index contributed by atoms with van der Waals surface area (Å²) in [7, 11) is 0. The number of Topliss-reactive ketones (excluding diaryl/α,β-unsaturated/α-hetero) is 1. The molecule has 0 heterocycles. The number of halogens is 1. The second-order valence-corrected chi connectivity index (χ2v) is 4.03. The maximum absolute atomic E-state index is 11.0. The molecule has 0 aromatic carbocycles. The van der Waals surface area contributed by atoms with E-state index in [0.717, 1.165) is 25.7 Å². The second-order valence-electron chi connectivity index (χ2n) is 3.66. The number of ketones is 1. The Labute approximate surface area is 106 Å². The first-order valence-corrected chi connectivity index (χ1v) is 5.91. The van der Waals surface area contributed by atoms with Crippen LogP contribution in [0.25, 0.3) is 0 Å². The van der Waals surface area contributed by atoms with Crippen LogP contribution in [0.4, 0.5) is 0 Å². The zero-order valence-corrected chi connectivity index (χ0v) is 10.7. The molecule has 0 unspecified atom stereocenters. The van der Waals surface area contributed by atoms with Gasteiger partial charge in [-0.2, -0.15) is 0 Å². The molecule has 0 aliphatic rings. The van der Waals surface area contributed by atoms with E-state index in [2.05, 4.69) is 0 Å². The molecule has 0 aliphatic heterocycles. The Balaban J connectivity index is 3.32. The van der Waals surface area contributed by atoms with Crippen molar-refractivity contribution in [3.63, 3.8) is 0 Å². The lowest BCUT2D eigenvalue weighted by Crippen LogP contribution is -2.09. The molecule has 0 amide bonds.